The van der Waals surface area contributed by atoms with Crippen LogP contribution in [0.2, 0.25) is 0 Å². The first-order chi connectivity index (χ1) is 15.5. The zero-order chi connectivity index (χ0) is 23.0. The molecule has 0 aliphatic carbocycles. The van der Waals surface area contributed by atoms with Crippen molar-refractivity contribution in [1.29, 1.82) is 0 Å². The summed E-state index contributed by atoms with van der Waals surface area (Å²) in [6.45, 7) is 5.77. The smallest absolute Gasteiger partial charge is 0.336 e. The van der Waals surface area contributed by atoms with E-state index >= 15 is 0 Å². The number of carbonyl (C=O) groups excluding carboxylic acids is 1. The van der Waals surface area contributed by atoms with Crippen molar-refractivity contribution >= 4 is 11.9 Å². The minimum atomic E-state index is -1.19. The van der Waals surface area contributed by atoms with Gasteiger partial charge in [-0.3, -0.25) is 4.79 Å². The van der Waals surface area contributed by atoms with E-state index in [1.54, 1.807) is 24.3 Å². The number of nitrogens with one attached hydrogen (secondary N) is 1. The van der Waals surface area contributed by atoms with Gasteiger partial charge in [0.2, 0.25) is 0 Å². The SMILES string of the molecule is CCCOc1ccc(C(=O)NCc2cc(C[C@]3(C(=O)O)CCCO3)ccc2OCC)cc1. The first kappa shape index (κ1) is 23.6. The summed E-state index contributed by atoms with van der Waals surface area (Å²) in [4.78, 5) is 24.4. The zero-order valence-electron chi connectivity index (χ0n) is 18.7. The van der Waals surface area contributed by atoms with Crippen molar-refractivity contribution in [2.24, 2.45) is 0 Å². The van der Waals surface area contributed by atoms with Crippen molar-refractivity contribution in [3.8, 4) is 11.5 Å². The molecule has 1 atom stereocenters. The van der Waals surface area contributed by atoms with Crippen LogP contribution in [0.15, 0.2) is 42.5 Å². The van der Waals surface area contributed by atoms with Crippen LogP contribution in [0.1, 0.15) is 54.6 Å². The lowest BCUT2D eigenvalue weighted by Gasteiger charge is -2.24. The lowest BCUT2D eigenvalue weighted by molar-refractivity contribution is -0.159. The second kappa shape index (κ2) is 11.0. The molecule has 0 bridgehead atoms. The molecule has 32 heavy (non-hydrogen) atoms. The number of ether oxygens (including phenoxy) is 3. The number of hydrogen-bond acceptors (Lipinski definition) is 5. The molecule has 0 aromatic heterocycles. The van der Waals surface area contributed by atoms with E-state index in [1.165, 1.54) is 0 Å². The highest BCUT2D eigenvalue weighted by Gasteiger charge is 2.43. The van der Waals surface area contributed by atoms with Crippen LogP contribution < -0.4 is 14.8 Å². The summed E-state index contributed by atoms with van der Waals surface area (Å²) in [6, 6.07) is 12.6. The standard InChI is InChI=1S/C25H31NO6/c1-3-13-31-21-9-7-19(8-10-21)23(27)26-17-20-15-18(6-11-22(20)30-4-2)16-25(24(28)29)12-5-14-32-25/h6-11,15H,3-5,12-14,16-17H2,1-2H3,(H,26,27)(H,28,29)/t25-/m0/s1. The van der Waals surface area contributed by atoms with Crippen molar-refractivity contribution in [2.75, 3.05) is 19.8 Å². The fourth-order valence-electron chi connectivity index (χ4n) is 3.79. The van der Waals surface area contributed by atoms with Gasteiger partial charge in [-0.1, -0.05) is 19.1 Å². The Kier molecular flexibility index (Phi) is 8.11. The lowest BCUT2D eigenvalue weighted by Crippen LogP contribution is -2.40. The van der Waals surface area contributed by atoms with Crippen LogP contribution in [0.3, 0.4) is 0 Å². The third-order valence-electron chi connectivity index (χ3n) is 5.44. The molecule has 0 radical (unpaired) electrons. The van der Waals surface area contributed by atoms with Crippen molar-refractivity contribution in [1.82, 2.24) is 5.32 Å². The normalized spacial score (nSPS) is 17.7. The third-order valence-corrected chi connectivity index (χ3v) is 5.44. The van der Waals surface area contributed by atoms with Gasteiger partial charge >= 0.3 is 5.97 Å². The van der Waals surface area contributed by atoms with Crippen molar-refractivity contribution < 1.29 is 28.9 Å². The minimum absolute atomic E-state index is 0.207. The van der Waals surface area contributed by atoms with Gasteiger partial charge in [0, 0.05) is 30.7 Å². The second-order valence-electron chi connectivity index (χ2n) is 7.86. The Bertz CT molecular complexity index is 919. The molecular weight excluding hydrogens is 410 g/mol. The summed E-state index contributed by atoms with van der Waals surface area (Å²) < 4.78 is 16.9. The highest BCUT2D eigenvalue weighted by molar-refractivity contribution is 5.94. The molecular formula is C25H31NO6. The number of carbonyl (C=O) groups is 2. The van der Waals surface area contributed by atoms with E-state index < -0.39 is 11.6 Å². The molecule has 1 heterocycles. The molecule has 7 nitrogen and oxygen atoms in total. The predicted molar refractivity (Wildman–Crippen MR) is 120 cm³/mol. The van der Waals surface area contributed by atoms with E-state index in [0.717, 1.165) is 29.7 Å². The van der Waals surface area contributed by atoms with E-state index in [0.29, 0.717) is 37.6 Å². The summed E-state index contributed by atoms with van der Waals surface area (Å²) in [6.07, 6.45) is 2.41. The van der Waals surface area contributed by atoms with Gasteiger partial charge in [-0.25, -0.2) is 4.79 Å². The molecule has 0 spiro atoms. The van der Waals surface area contributed by atoms with E-state index in [9.17, 15) is 14.7 Å². The molecule has 172 valence electrons. The maximum atomic E-state index is 12.6. The molecule has 1 saturated heterocycles. The molecule has 1 amide bonds. The average Bonchev–Trinajstić information content (AvgIpc) is 3.28. The maximum absolute atomic E-state index is 12.6. The predicted octanol–water partition coefficient (Wildman–Crippen LogP) is 3.98. The number of benzene rings is 2. The van der Waals surface area contributed by atoms with E-state index in [-0.39, 0.29) is 18.9 Å². The number of carboxylic acid groups (broad SMARTS) is 1. The van der Waals surface area contributed by atoms with E-state index in [2.05, 4.69) is 5.32 Å². The van der Waals surface area contributed by atoms with Gasteiger partial charge in [0.05, 0.1) is 13.2 Å². The number of carboxylic acids is 1. The van der Waals surface area contributed by atoms with Crippen molar-refractivity contribution in [3.05, 3.63) is 59.2 Å². The Hall–Kier alpha value is -3.06. The summed E-state index contributed by atoms with van der Waals surface area (Å²) in [5.74, 6) is 0.249. The van der Waals surface area contributed by atoms with Crippen LogP contribution >= 0.6 is 0 Å². The van der Waals surface area contributed by atoms with Crippen molar-refractivity contribution in [2.45, 2.75) is 51.7 Å². The Balaban J connectivity index is 1.70. The largest absolute Gasteiger partial charge is 0.494 e. The zero-order valence-corrected chi connectivity index (χ0v) is 18.7. The fourth-order valence-corrected chi connectivity index (χ4v) is 3.79. The summed E-state index contributed by atoms with van der Waals surface area (Å²) >= 11 is 0. The van der Waals surface area contributed by atoms with Crippen LogP contribution in [0.25, 0.3) is 0 Å². The Morgan fingerprint density at radius 1 is 1.12 bits per heavy atom. The summed E-state index contributed by atoms with van der Waals surface area (Å²) in [5, 5.41) is 12.6. The molecule has 1 fully saturated rings. The van der Waals surface area contributed by atoms with Gasteiger partial charge in [-0.2, -0.15) is 0 Å². The molecule has 1 aliphatic rings. The number of aliphatic carboxylic acids is 1. The van der Waals surface area contributed by atoms with Gasteiger partial charge in [0.1, 0.15) is 11.5 Å². The average molecular weight is 442 g/mol. The van der Waals surface area contributed by atoms with Crippen molar-refractivity contribution in [3.63, 3.8) is 0 Å². The van der Waals surface area contributed by atoms with E-state index in [1.807, 2.05) is 32.0 Å². The molecule has 7 heteroatoms. The van der Waals surface area contributed by atoms with Gasteiger partial charge < -0.3 is 24.6 Å². The van der Waals surface area contributed by atoms with Crippen LogP contribution in [0.5, 0.6) is 11.5 Å². The molecule has 3 rings (SSSR count). The molecule has 2 aromatic rings. The van der Waals surface area contributed by atoms with Gasteiger partial charge in [-0.05, 0) is 62.1 Å². The van der Waals surface area contributed by atoms with Gasteiger partial charge in [0.15, 0.2) is 5.60 Å². The molecule has 2 N–H and O–H groups in total. The number of rotatable bonds is 11. The van der Waals surface area contributed by atoms with Crippen LogP contribution in [-0.2, 0) is 22.5 Å². The minimum Gasteiger partial charge on any atom is -0.494 e. The Morgan fingerprint density at radius 2 is 1.91 bits per heavy atom. The van der Waals surface area contributed by atoms with Crippen LogP contribution in [0, 0.1) is 0 Å². The van der Waals surface area contributed by atoms with E-state index in [4.69, 9.17) is 14.2 Å². The Labute approximate surface area is 188 Å². The number of hydrogen-bond donors (Lipinski definition) is 2. The number of amides is 1. The first-order valence-electron chi connectivity index (χ1n) is 11.1. The third kappa shape index (κ3) is 5.79. The lowest BCUT2D eigenvalue weighted by atomic mass is 9.91. The molecule has 2 aromatic carbocycles. The quantitative estimate of drug-likeness (QED) is 0.548. The van der Waals surface area contributed by atoms with Crippen LogP contribution in [0.4, 0.5) is 0 Å². The highest BCUT2D eigenvalue weighted by atomic mass is 16.5. The van der Waals surface area contributed by atoms with Gasteiger partial charge in [0.25, 0.3) is 5.91 Å². The highest BCUT2D eigenvalue weighted by Crippen LogP contribution is 2.31. The molecule has 0 saturated carbocycles. The van der Waals surface area contributed by atoms with Crippen LogP contribution in [-0.4, -0.2) is 42.4 Å². The Morgan fingerprint density at radius 3 is 2.53 bits per heavy atom. The summed E-state index contributed by atoms with van der Waals surface area (Å²) in [7, 11) is 0. The summed E-state index contributed by atoms with van der Waals surface area (Å²) in [5.41, 5.74) is 0.973. The second-order valence-corrected chi connectivity index (χ2v) is 7.86. The first-order valence-corrected chi connectivity index (χ1v) is 11.1. The monoisotopic (exact) mass is 441 g/mol. The van der Waals surface area contributed by atoms with Gasteiger partial charge in [-0.15, -0.1) is 0 Å². The molecule has 0 unspecified atom stereocenters. The maximum Gasteiger partial charge on any atom is 0.336 e. The topological polar surface area (TPSA) is 94.1 Å². The molecule has 1 aliphatic heterocycles. The fraction of sp³-hybridized carbons (Fsp3) is 0.440.